The lowest BCUT2D eigenvalue weighted by molar-refractivity contribution is 0.112. The van der Waals surface area contributed by atoms with Gasteiger partial charge in [0, 0.05) is 11.1 Å². The normalized spacial score (nSPS) is 10.3. The summed E-state index contributed by atoms with van der Waals surface area (Å²) in [6.07, 6.45) is 0.791. The van der Waals surface area contributed by atoms with Crippen LogP contribution in [0.3, 0.4) is 0 Å². The first kappa shape index (κ1) is 11.9. The molecule has 2 aromatic carbocycles. The minimum absolute atomic E-state index is 0.528. The highest BCUT2D eigenvalue weighted by Gasteiger charge is 2.11. The van der Waals surface area contributed by atoms with Crippen molar-refractivity contribution >= 4 is 17.9 Å². The fraction of sp³-hybridized carbons (Fsp3) is 0.133. The molecule has 2 heteroatoms. The average Bonchev–Trinajstić information content (AvgIpc) is 2.31. The zero-order chi connectivity index (χ0) is 12.4. The fourth-order valence-electron chi connectivity index (χ4n) is 2.07. The van der Waals surface area contributed by atoms with E-state index in [0.717, 1.165) is 28.5 Å². The van der Waals surface area contributed by atoms with Crippen LogP contribution in [0.15, 0.2) is 36.4 Å². The van der Waals surface area contributed by atoms with Crippen LogP contribution in [0, 0.1) is 13.8 Å². The number of carbonyl (C=O) groups is 1. The zero-order valence-corrected chi connectivity index (χ0v) is 10.6. The van der Waals surface area contributed by atoms with Crippen LogP contribution >= 0.6 is 11.6 Å². The Morgan fingerprint density at radius 1 is 1.00 bits per heavy atom. The number of aldehydes is 1. The Hall–Kier alpha value is -1.60. The molecule has 0 radical (unpaired) electrons. The van der Waals surface area contributed by atoms with Crippen LogP contribution in [0.5, 0.6) is 0 Å². The van der Waals surface area contributed by atoms with Crippen LogP contribution in [0.4, 0.5) is 0 Å². The molecule has 0 bridgehead atoms. The van der Waals surface area contributed by atoms with Crippen LogP contribution in [0.2, 0.25) is 5.02 Å². The second-order valence-electron chi connectivity index (χ2n) is 4.09. The van der Waals surface area contributed by atoms with Crippen molar-refractivity contribution in [3.63, 3.8) is 0 Å². The van der Waals surface area contributed by atoms with Gasteiger partial charge in [0.15, 0.2) is 6.29 Å². The van der Waals surface area contributed by atoms with Gasteiger partial charge in [0.2, 0.25) is 0 Å². The van der Waals surface area contributed by atoms with Gasteiger partial charge in [0.1, 0.15) is 0 Å². The number of benzene rings is 2. The molecular formula is C15H13ClO. The summed E-state index contributed by atoms with van der Waals surface area (Å²) in [6, 6.07) is 11.7. The maximum absolute atomic E-state index is 10.9. The van der Waals surface area contributed by atoms with Crippen LogP contribution in [-0.4, -0.2) is 6.29 Å². The van der Waals surface area contributed by atoms with E-state index in [4.69, 9.17) is 11.6 Å². The average molecular weight is 245 g/mol. The van der Waals surface area contributed by atoms with Gasteiger partial charge in [-0.3, -0.25) is 4.79 Å². The summed E-state index contributed by atoms with van der Waals surface area (Å²) in [5.41, 5.74) is 4.89. The monoisotopic (exact) mass is 244 g/mol. The van der Waals surface area contributed by atoms with E-state index in [9.17, 15) is 4.79 Å². The highest BCUT2D eigenvalue weighted by atomic mass is 35.5. The molecule has 0 fully saturated rings. The Balaban J connectivity index is 2.73. The maximum Gasteiger partial charge on any atom is 0.151 e. The fourth-order valence-corrected chi connectivity index (χ4v) is 2.34. The Morgan fingerprint density at radius 2 is 1.59 bits per heavy atom. The largest absolute Gasteiger partial charge is 0.298 e. The van der Waals surface area contributed by atoms with Crippen LogP contribution in [0.25, 0.3) is 11.1 Å². The summed E-state index contributed by atoms with van der Waals surface area (Å²) in [6.45, 7) is 4.10. The topological polar surface area (TPSA) is 17.1 Å². The third-order valence-electron chi connectivity index (χ3n) is 2.91. The molecule has 0 heterocycles. The van der Waals surface area contributed by atoms with E-state index in [0.29, 0.717) is 10.6 Å². The van der Waals surface area contributed by atoms with E-state index >= 15 is 0 Å². The van der Waals surface area contributed by atoms with Crippen molar-refractivity contribution in [3.8, 4) is 11.1 Å². The number of aryl methyl sites for hydroxylation is 2. The summed E-state index contributed by atoms with van der Waals surface area (Å²) >= 11 is 6.26. The standard InChI is InChI=1S/C15H13ClO/c1-10-5-3-6-11(2)14(10)13-8-4-7-12(9-17)15(13)16/h3-9H,1-2H3. The minimum atomic E-state index is 0.528. The van der Waals surface area contributed by atoms with Gasteiger partial charge >= 0.3 is 0 Å². The van der Waals surface area contributed by atoms with Gasteiger partial charge < -0.3 is 0 Å². The van der Waals surface area contributed by atoms with E-state index < -0.39 is 0 Å². The molecule has 86 valence electrons. The number of rotatable bonds is 2. The van der Waals surface area contributed by atoms with Crippen molar-refractivity contribution in [2.75, 3.05) is 0 Å². The number of hydrogen-bond donors (Lipinski definition) is 0. The lowest BCUT2D eigenvalue weighted by Crippen LogP contribution is -1.91. The molecule has 0 aliphatic rings. The van der Waals surface area contributed by atoms with Gasteiger partial charge in [-0.2, -0.15) is 0 Å². The lowest BCUT2D eigenvalue weighted by atomic mass is 9.95. The molecule has 0 N–H and O–H groups in total. The van der Waals surface area contributed by atoms with Gasteiger partial charge in [0.05, 0.1) is 5.02 Å². The molecule has 0 aliphatic carbocycles. The van der Waals surface area contributed by atoms with Gasteiger partial charge in [-0.05, 0) is 30.5 Å². The molecule has 0 aliphatic heterocycles. The Bertz CT molecular complexity index is 553. The zero-order valence-electron chi connectivity index (χ0n) is 9.83. The molecule has 1 nitrogen and oxygen atoms in total. The summed E-state index contributed by atoms with van der Waals surface area (Å²) in [4.78, 5) is 10.9. The summed E-state index contributed by atoms with van der Waals surface area (Å²) < 4.78 is 0. The molecule has 0 aromatic heterocycles. The van der Waals surface area contributed by atoms with Gasteiger partial charge in [-0.1, -0.05) is 48.0 Å². The van der Waals surface area contributed by atoms with Crippen molar-refractivity contribution in [1.29, 1.82) is 0 Å². The van der Waals surface area contributed by atoms with E-state index in [1.165, 1.54) is 0 Å². The molecule has 2 aromatic rings. The first-order valence-electron chi connectivity index (χ1n) is 5.45. The van der Waals surface area contributed by atoms with Gasteiger partial charge in [0.25, 0.3) is 0 Å². The quantitative estimate of drug-likeness (QED) is 0.714. The van der Waals surface area contributed by atoms with E-state index in [1.807, 2.05) is 44.2 Å². The molecule has 0 amide bonds. The Kier molecular flexibility index (Phi) is 3.30. The van der Waals surface area contributed by atoms with Crippen molar-refractivity contribution in [2.45, 2.75) is 13.8 Å². The summed E-state index contributed by atoms with van der Waals surface area (Å²) in [5.74, 6) is 0. The van der Waals surface area contributed by atoms with Crippen LogP contribution < -0.4 is 0 Å². The first-order chi connectivity index (χ1) is 8.15. The van der Waals surface area contributed by atoms with Crippen molar-refractivity contribution in [1.82, 2.24) is 0 Å². The molecule has 0 saturated heterocycles. The predicted molar refractivity (Wildman–Crippen MR) is 71.7 cm³/mol. The molecule has 0 spiro atoms. The third-order valence-corrected chi connectivity index (χ3v) is 3.33. The summed E-state index contributed by atoms with van der Waals surface area (Å²) in [5, 5.41) is 0.528. The van der Waals surface area contributed by atoms with Gasteiger partial charge in [-0.15, -0.1) is 0 Å². The molecular weight excluding hydrogens is 232 g/mol. The molecule has 0 unspecified atom stereocenters. The first-order valence-corrected chi connectivity index (χ1v) is 5.83. The Labute approximate surface area is 106 Å². The van der Waals surface area contributed by atoms with Crippen molar-refractivity contribution < 1.29 is 4.79 Å². The molecule has 17 heavy (non-hydrogen) atoms. The highest BCUT2D eigenvalue weighted by Crippen LogP contribution is 2.34. The lowest BCUT2D eigenvalue weighted by Gasteiger charge is -2.12. The minimum Gasteiger partial charge on any atom is -0.298 e. The van der Waals surface area contributed by atoms with Gasteiger partial charge in [-0.25, -0.2) is 0 Å². The maximum atomic E-state index is 10.9. The number of hydrogen-bond acceptors (Lipinski definition) is 1. The smallest absolute Gasteiger partial charge is 0.151 e. The van der Waals surface area contributed by atoms with Crippen molar-refractivity contribution in [3.05, 3.63) is 58.1 Å². The predicted octanol–water partition coefficient (Wildman–Crippen LogP) is 4.44. The third kappa shape index (κ3) is 2.11. The van der Waals surface area contributed by atoms with E-state index in [2.05, 4.69) is 0 Å². The molecule has 2 rings (SSSR count). The number of halogens is 1. The second-order valence-corrected chi connectivity index (χ2v) is 4.47. The van der Waals surface area contributed by atoms with E-state index in [-0.39, 0.29) is 0 Å². The van der Waals surface area contributed by atoms with E-state index in [1.54, 1.807) is 6.07 Å². The molecule has 0 atom stereocenters. The SMILES string of the molecule is Cc1cccc(C)c1-c1cccc(C=O)c1Cl. The second kappa shape index (κ2) is 4.72. The highest BCUT2D eigenvalue weighted by molar-refractivity contribution is 6.35. The van der Waals surface area contributed by atoms with Crippen molar-refractivity contribution in [2.24, 2.45) is 0 Å². The van der Waals surface area contributed by atoms with Crippen LogP contribution in [0.1, 0.15) is 21.5 Å². The Morgan fingerprint density at radius 3 is 2.18 bits per heavy atom. The van der Waals surface area contributed by atoms with Crippen LogP contribution in [-0.2, 0) is 0 Å². The summed E-state index contributed by atoms with van der Waals surface area (Å²) in [7, 11) is 0. The molecule has 0 saturated carbocycles. The number of carbonyl (C=O) groups excluding carboxylic acids is 1.